The molecule has 3 amide bonds. The number of nitrogens with one attached hydrogen (secondary N) is 2. The van der Waals surface area contributed by atoms with Crippen molar-refractivity contribution >= 4 is 29.2 Å². The molecule has 3 heterocycles. The lowest BCUT2D eigenvalue weighted by Gasteiger charge is -2.39. The Bertz CT molecular complexity index is 692. The number of likely N-dealkylation sites (tertiary alicyclic amines) is 1. The molecule has 0 aromatic heterocycles. The van der Waals surface area contributed by atoms with Crippen LogP contribution >= 0.6 is 11.6 Å². The van der Waals surface area contributed by atoms with Gasteiger partial charge in [0.25, 0.3) is 5.91 Å². The molecule has 0 atom stereocenters. The van der Waals surface area contributed by atoms with Crippen LogP contribution in [-0.4, -0.2) is 56.1 Å². The number of halogens is 1. The van der Waals surface area contributed by atoms with Crippen LogP contribution in [0.1, 0.15) is 29.6 Å². The Morgan fingerprint density at radius 1 is 1.12 bits per heavy atom. The third-order valence-corrected chi connectivity index (χ3v) is 6.12. The summed E-state index contributed by atoms with van der Waals surface area (Å²) in [6.07, 6.45) is 3.28. The Hall–Kier alpha value is -1.79. The van der Waals surface area contributed by atoms with Crippen LogP contribution in [0.25, 0.3) is 0 Å². The SMILES string of the molecule is O=C(c1cc(N2CCNC2=O)ccc1Cl)N1CCC2(CCNC2)CC1. The van der Waals surface area contributed by atoms with Gasteiger partial charge >= 0.3 is 6.03 Å². The second-order valence-corrected chi connectivity index (χ2v) is 7.67. The molecule has 3 aliphatic rings. The Kier molecular flexibility index (Phi) is 4.33. The van der Waals surface area contributed by atoms with E-state index in [0.717, 1.165) is 44.7 Å². The summed E-state index contributed by atoms with van der Waals surface area (Å²) >= 11 is 6.30. The van der Waals surface area contributed by atoms with Crippen LogP contribution in [0.5, 0.6) is 0 Å². The van der Waals surface area contributed by atoms with Gasteiger partial charge in [0.05, 0.1) is 10.6 Å². The van der Waals surface area contributed by atoms with E-state index in [9.17, 15) is 9.59 Å². The Labute approximate surface area is 152 Å². The first kappa shape index (κ1) is 16.7. The first-order valence-corrected chi connectivity index (χ1v) is 9.31. The third-order valence-electron chi connectivity index (χ3n) is 5.79. The third kappa shape index (κ3) is 3.09. The molecule has 0 radical (unpaired) electrons. The molecule has 7 heteroatoms. The summed E-state index contributed by atoms with van der Waals surface area (Å²) < 4.78 is 0. The van der Waals surface area contributed by atoms with Gasteiger partial charge in [-0.1, -0.05) is 11.6 Å². The average molecular weight is 363 g/mol. The number of urea groups is 1. The number of amides is 3. The van der Waals surface area contributed by atoms with Gasteiger partial charge in [-0.25, -0.2) is 4.79 Å². The first-order chi connectivity index (χ1) is 12.1. The van der Waals surface area contributed by atoms with E-state index in [1.807, 2.05) is 4.90 Å². The highest BCUT2D eigenvalue weighted by molar-refractivity contribution is 6.34. The average Bonchev–Trinajstić information content (AvgIpc) is 3.25. The maximum atomic E-state index is 13.0. The van der Waals surface area contributed by atoms with Gasteiger partial charge in [-0.05, 0) is 49.4 Å². The van der Waals surface area contributed by atoms with Crippen molar-refractivity contribution in [3.05, 3.63) is 28.8 Å². The van der Waals surface area contributed by atoms with Gasteiger partial charge in [0, 0.05) is 38.4 Å². The monoisotopic (exact) mass is 362 g/mol. The number of hydrogen-bond donors (Lipinski definition) is 2. The van der Waals surface area contributed by atoms with Crippen molar-refractivity contribution < 1.29 is 9.59 Å². The number of benzene rings is 1. The largest absolute Gasteiger partial charge is 0.339 e. The highest BCUT2D eigenvalue weighted by Crippen LogP contribution is 2.37. The van der Waals surface area contributed by atoms with E-state index in [-0.39, 0.29) is 11.9 Å². The molecule has 0 saturated carbocycles. The van der Waals surface area contributed by atoms with E-state index < -0.39 is 0 Å². The summed E-state index contributed by atoms with van der Waals surface area (Å²) in [4.78, 5) is 28.4. The molecule has 2 N–H and O–H groups in total. The van der Waals surface area contributed by atoms with E-state index in [0.29, 0.717) is 29.1 Å². The minimum atomic E-state index is -0.130. The molecule has 134 valence electrons. The van der Waals surface area contributed by atoms with Gasteiger partial charge in [-0.2, -0.15) is 0 Å². The predicted octanol–water partition coefficient (Wildman–Crippen LogP) is 2.09. The molecule has 4 rings (SSSR count). The maximum Gasteiger partial charge on any atom is 0.321 e. The van der Waals surface area contributed by atoms with Gasteiger partial charge in [0.15, 0.2) is 0 Å². The van der Waals surface area contributed by atoms with Crippen LogP contribution in [0.4, 0.5) is 10.5 Å². The zero-order valence-corrected chi connectivity index (χ0v) is 14.9. The van der Waals surface area contributed by atoms with Crippen molar-refractivity contribution in [1.82, 2.24) is 15.5 Å². The maximum absolute atomic E-state index is 13.0. The van der Waals surface area contributed by atoms with Gasteiger partial charge < -0.3 is 15.5 Å². The molecule has 0 unspecified atom stereocenters. The van der Waals surface area contributed by atoms with E-state index >= 15 is 0 Å². The van der Waals surface area contributed by atoms with Gasteiger partial charge in [0.2, 0.25) is 0 Å². The number of piperidine rings is 1. The second-order valence-electron chi connectivity index (χ2n) is 7.27. The smallest absolute Gasteiger partial charge is 0.321 e. The number of carbonyl (C=O) groups excluding carboxylic acids is 2. The number of anilines is 1. The van der Waals surface area contributed by atoms with Gasteiger partial charge in [-0.15, -0.1) is 0 Å². The molecule has 3 fully saturated rings. The highest BCUT2D eigenvalue weighted by Gasteiger charge is 2.38. The number of carbonyl (C=O) groups is 2. The second kappa shape index (κ2) is 6.50. The molecule has 3 saturated heterocycles. The molecule has 1 spiro atoms. The molecular formula is C18H23ClN4O2. The van der Waals surface area contributed by atoms with Crippen LogP contribution in [0.3, 0.4) is 0 Å². The fourth-order valence-corrected chi connectivity index (χ4v) is 4.34. The molecular weight excluding hydrogens is 340 g/mol. The molecule has 25 heavy (non-hydrogen) atoms. The topological polar surface area (TPSA) is 64.7 Å². The fraction of sp³-hybridized carbons (Fsp3) is 0.556. The lowest BCUT2D eigenvalue weighted by atomic mass is 9.78. The standard InChI is InChI=1S/C18H23ClN4O2/c19-15-2-1-13(23-10-7-21-17(23)25)11-14(15)16(24)22-8-4-18(5-9-22)3-6-20-12-18/h1-2,11,20H,3-10,12H2,(H,21,25). The van der Waals surface area contributed by atoms with Crippen molar-refractivity contribution in [3.8, 4) is 0 Å². The summed E-state index contributed by atoms with van der Waals surface area (Å²) in [5.74, 6) is -0.0349. The van der Waals surface area contributed by atoms with Crippen LogP contribution in [0, 0.1) is 5.41 Å². The summed E-state index contributed by atoms with van der Waals surface area (Å²) in [5.41, 5.74) is 1.58. The van der Waals surface area contributed by atoms with Crippen LogP contribution in [-0.2, 0) is 0 Å². The van der Waals surface area contributed by atoms with E-state index in [2.05, 4.69) is 10.6 Å². The van der Waals surface area contributed by atoms with Gasteiger partial charge in [-0.3, -0.25) is 9.69 Å². The van der Waals surface area contributed by atoms with Crippen molar-refractivity contribution in [2.75, 3.05) is 44.2 Å². The van der Waals surface area contributed by atoms with Crippen LogP contribution in [0.2, 0.25) is 5.02 Å². The molecule has 0 bridgehead atoms. The lowest BCUT2D eigenvalue weighted by Crippen LogP contribution is -2.44. The minimum Gasteiger partial charge on any atom is -0.339 e. The molecule has 3 aliphatic heterocycles. The Morgan fingerprint density at radius 2 is 1.92 bits per heavy atom. The first-order valence-electron chi connectivity index (χ1n) is 8.93. The summed E-state index contributed by atoms with van der Waals surface area (Å²) in [6, 6.07) is 5.12. The zero-order chi connectivity index (χ0) is 17.4. The molecule has 1 aromatic rings. The molecule has 6 nitrogen and oxygen atoms in total. The lowest BCUT2D eigenvalue weighted by molar-refractivity contribution is 0.0608. The summed E-state index contributed by atoms with van der Waals surface area (Å²) in [5, 5.41) is 6.66. The highest BCUT2D eigenvalue weighted by atomic mass is 35.5. The van der Waals surface area contributed by atoms with Crippen molar-refractivity contribution in [3.63, 3.8) is 0 Å². The van der Waals surface area contributed by atoms with Crippen molar-refractivity contribution in [1.29, 1.82) is 0 Å². The molecule has 1 aromatic carbocycles. The zero-order valence-electron chi connectivity index (χ0n) is 14.2. The minimum absolute atomic E-state index is 0.0349. The number of hydrogen-bond acceptors (Lipinski definition) is 3. The Morgan fingerprint density at radius 3 is 2.56 bits per heavy atom. The van der Waals surface area contributed by atoms with Crippen LogP contribution in [0.15, 0.2) is 18.2 Å². The van der Waals surface area contributed by atoms with Crippen molar-refractivity contribution in [2.24, 2.45) is 5.41 Å². The number of nitrogens with zero attached hydrogens (tertiary/aromatic N) is 2. The predicted molar refractivity (Wildman–Crippen MR) is 97.3 cm³/mol. The Balaban J connectivity index is 1.51. The summed E-state index contributed by atoms with van der Waals surface area (Å²) in [7, 11) is 0. The fourth-order valence-electron chi connectivity index (χ4n) is 4.14. The van der Waals surface area contributed by atoms with E-state index in [1.165, 1.54) is 6.42 Å². The normalized spacial score (nSPS) is 22.5. The molecule has 0 aliphatic carbocycles. The van der Waals surface area contributed by atoms with E-state index in [1.54, 1.807) is 23.1 Å². The summed E-state index contributed by atoms with van der Waals surface area (Å²) in [6.45, 7) is 4.91. The quantitative estimate of drug-likeness (QED) is 0.846. The van der Waals surface area contributed by atoms with Gasteiger partial charge in [0.1, 0.15) is 0 Å². The van der Waals surface area contributed by atoms with Crippen LogP contribution < -0.4 is 15.5 Å². The van der Waals surface area contributed by atoms with E-state index in [4.69, 9.17) is 11.6 Å². The number of rotatable bonds is 2. The van der Waals surface area contributed by atoms with Crippen molar-refractivity contribution in [2.45, 2.75) is 19.3 Å².